The number of hydrogen-bond acceptors (Lipinski definition) is 2. The van der Waals surface area contributed by atoms with Crippen LogP contribution in [0.15, 0.2) is 18.2 Å². The molecule has 120 valence electrons. The summed E-state index contributed by atoms with van der Waals surface area (Å²) < 4.78 is 0. The van der Waals surface area contributed by atoms with E-state index in [1.54, 1.807) is 0 Å². The SMILES string of the molecule is CCCC(C)CCN1C(=O)C[C@@H]1c1ccc2c(c1)CCC2O. The monoisotopic (exact) mass is 301 g/mol. The summed E-state index contributed by atoms with van der Waals surface area (Å²) >= 11 is 0. The lowest BCUT2D eigenvalue weighted by atomic mass is 9.90. The zero-order valence-corrected chi connectivity index (χ0v) is 13.7. The van der Waals surface area contributed by atoms with Gasteiger partial charge in [-0.3, -0.25) is 4.79 Å². The summed E-state index contributed by atoms with van der Waals surface area (Å²) in [5.74, 6) is 0.975. The van der Waals surface area contributed by atoms with E-state index in [2.05, 4.69) is 32.0 Å². The van der Waals surface area contributed by atoms with Crippen molar-refractivity contribution in [2.75, 3.05) is 6.54 Å². The quantitative estimate of drug-likeness (QED) is 0.813. The number of nitrogens with zero attached hydrogens (tertiary/aromatic N) is 1. The van der Waals surface area contributed by atoms with E-state index in [9.17, 15) is 9.90 Å². The number of aryl methyl sites for hydroxylation is 1. The third-order valence-corrected chi connectivity index (χ3v) is 5.31. The summed E-state index contributed by atoms with van der Waals surface area (Å²) in [6, 6.07) is 6.63. The van der Waals surface area contributed by atoms with Gasteiger partial charge in [-0.05, 0) is 41.9 Å². The van der Waals surface area contributed by atoms with Gasteiger partial charge in [0.2, 0.25) is 5.91 Å². The van der Waals surface area contributed by atoms with E-state index in [-0.39, 0.29) is 18.1 Å². The van der Waals surface area contributed by atoms with Crippen LogP contribution in [0.4, 0.5) is 0 Å². The largest absolute Gasteiger partial charge is 0.388 e. The van der Waals surface area contributed by atoms with E-state index >= 15 is 0 Å². The van der Waals surface area contributed by atoms with Crippen molar-refractivity contribution in [3.63, 3.8) is 0 Å². The third-order valence-electron chi connectivity index (χ3n) is 5.31. The Morgan fingerprint density at radius 3 is 2.91 bits per heavy atom. The van der Waals surface area contributed by atoms with E-state index in [1.807, 2.05) is 4.90 Å². The number of amides is 1. The standard InChI is InChI=1S/C19H27NO2/c1-3-4-13(2)9-10-20-17(12-19(20)22)15-5-7-16-14(11-15)6-8-18(16)21/h5,7,11,13,17-18,21H,3-4,6,8-10,12H2,1-2H3/t13?,17-,18?/m1/s1. The van der Waals surface area contributed by atoms with Gasteiger partial charge >= 0.3 is 0 Å². The van der Waals surface area contributed by atoms with Crippen LogP contribution in [0.25, 0.3) is 0 Å². The highest BCUT2D eigenvalue weighted by Gasteiger charge is 2.37. The van der Waals surface area contributed by atoms with Crippen LogP contribution in [0.3, 0.4) is 0 Å². The smallest absolute Gasteiger partial charge is 0.225 e. The van der Waals surface area contributed by atoms with E-state index in [1.165, 1.54) is 24.0 Å². The first kappa shape index (κ1) is 15.5. The van der Waals surface area contributed by atoms with Crippen LogP contribution < -0.4 is 0 Å². The lowest BCUT2D eigenvalue weighted by Gasteiger charge is -2.41. The number of β-lactam (4-membered cyclic amide) rings is 1. The first-order valence-electron chi connectivity index (χ1n) is 8.70. The number of carbonyl (C=O) groups is 1. The molecule has 3 rings (SSSR count). The fourth-order valence-corrected chi connectivity index (χ4v) is 3.85. The Balaban J connectivity index is 1.66. The predicted octanol–water partition coefficient (Wildman–Crippen LogP) is 3.77. The number of benzene rings is 1. The fourth-order valence-electron chi connectivity index (χ4n) is 3.85. The second kappa shape index (κ2) is 6.41. The van der Waals surface area contributed by atoms with Crippen molar-refractivity contribution in [2.24, 2.45) is 5.92 Å². The molecule has 3 atom stereocenters. The molecule has 2 aliphatic rings. The summed E-state index contributed by atoms with van der Waals surface area (Å²) in [7, 11) is 0. The highest BCUT2D eigenvalue weighted by atomic mass is 16.3. The van der Waals surface area contributed by atoms with Crippen LogP contribution in [0.5, 0.6) is 0 Å². The van der Waals surface area contributed by atoms with Crippen LogP contribution in [-0.2, 0) is 11.2 Å². The van der Waals surface area contributed by atoms with Crippen molar-refractivity contribution in [3.8, 4) is 0 Å². The summed E-state index contributed by atoms with van der Waals surface area (Å²) in [6.45, 7) is 5.37. The Bertz CT molecular complexity index is 554. The first-order valence-corrected chi connectivity index (χ1v) is 8.70. The average Bonchev–Trinajstić information content (AvgIpc) is 2.86. The van der Waals surface area contributed by atoms with Crippen molar-refractivity contribution in [1.29, 1.82) is 0 Å². The van der Waals surface area contributed by atoms with Gasteiger partial charge in [-0.1, -0.05) is 44.9 Å². The molecule has 3 heteroatoms. The number of hydrogen-bond donors (Lipinski definition) is 1. The number of rotatable bonds is 6. The summed E-state index contributed by atoms with van der Waals surface area (Å²) in [5.41, 5.74) is 3.59. The minimum atomic E-state index is -0.293. The Labute approximate surface area is 133 Å². The summed E-state index contributed by atoms with van der Waals surface area (Å²) in [6.07, 6.45) is 5.69. The van der Waals surface area contributed by atoms with Crippen LogP contribution in [0.2, 0.25) is 0 Å². The molecular weight excluding hydrogens is 274 g/mol. The predicted molar refractivity (Wildman–Crippen MR) is 87.5 cm³/mol. The molecule has 0 saturated carbocycles. The molecule has 1 amide bonds. The van der Waals surface area contributed by atoms with Gasteiger partial charge in [-0.15, -0.1) is 0 Å². The van der Waals surface area contributed by atoms with Gasteiger partial charge in [0.1, 0.15) is 0 Å². The second-order valence-electron chi connectivity index (χ2n) is 7.00. The second-order valence-corrected chi connectivity index (χ2v) is 7.00. The maximum atomic E-state index is 12.0. The van der Waals surface area contributed by atoms with Crippen molar-refractivity contribution >= 4 is 5.91 Å². The van der Waals surface area contributed by atoms with E-state index in [0.29, 0.717) is 12.3 Å². The van der Waals surface area contributed by atoms with Crippen molar-refractivity contribution in [1.82, 2.24) is 4.90 Å². The molecule has 0 bridgehead atoms. The third kappa shape index (κ3) is 2.91. The molecule has 1 aromatic rings. The molecule has 1 heterocycles. The number of carbonyl (C=O) groups excluding carboxylic acids is 1. The zero-order chi connectivity index (χ0) is 15.7. The topological polar surface area (TPSA) is 40.5 Å². The highest BCUT2D eigenvalue weighted by Crippen LogP contribution is 2.38. The van der Waals surface area contributed by atoms with Gasteiger partial charge in [-0.25, -0.2) is 0 Å². The average molecular weight is 301 g/mol. The number of aliphatic hydroxyl groups excluding tert-OH is 1. The number of aliphatic hydroxyl groups is 1. The minimum absolute atomic E-state index is 0.254. The Kier molecular flexibility index (Phi) is 4.53. The molecule has 1 saturated heterocycles. The van der Waals surface area contributed by atoms with Crippen molar-refractivity contribution < 1.29 is 9.90 Å². The van der Waals surface area contributed by atoms with Crippen molar-refractivity contribution in [3.05, 3.63) is 34.9 Å². The molecule has 1 aliphatic heterocycles. The first-order chi connectivity index (χ1) is 10.6. The number of fused-ring (bicyclic) bond motifs is 1. The van der Waals surface area contributed by atoms with Crippen LogP contribution >= 0.6 is 0 Å². The van der Waals surface area contributed by atoms with Gasteiger partial charge in [0.25, 0.3) is 0 Å². The lowest BCUT2D eigenvalue weighted by Crippen LogP contribution is -2.47. The Morgan fingerprint density at radius 2 is 2.18 bits per heavy atom. The van der Waals surface area contributed by atoms with E-state index in [0.717, 1.165) is 31.4 Å². The Hall–Kier alpha value is -1.35. The molecule has 0 spiro atoms. The van der Waals surface area contributed by atoms with Gasteiger partial charge < -0.3 is 10.0 Å². The molecule has 1 fully saturated rings. The molecule has 3 nitrogen and oxygen atoms in total. The lowest BCUT2D eigenvalue weighted by molar-refractivity contribution is -0.146. The van der Waals surface area contributed by atoms with Gasteiger partial charge in [-0.2, -0.15) is 0 Å². The molecule has 0 aromatic heterocycles. The van der Waals surface area contributed by atoms with E-state index in [4.69, 9.17) is 0 Å². The molecule has 2 unspecified atom stereocenters. The van der Waals surface area contributed by atoms with Crippen LogP contribution in [0.1, 0.15) is 74.8 Å². The van der Waals surface area contributed by atoms with E-state index < -0.39 is 0 Å². The van der Waals surface area contributed by atoms with Gasteiger partial charge in [0, 0.05) is 6.54 Å². The molecule has 22 heavy (non-hydrogen) atoms. The zero-order valence-electron chi connectivity index (χ0n) is 13.7. The molecule has 0 radical (unpaired) electrons. The normalized spacial score (nSPS) is 25.0. The number of likely N-dealkylation sites (tertiary alicyclic amines) is 1. The highest BCUT2D eigenvalue weighted by molar-refractivity contribution is 5.83. The van der Waals surface area contributed by atoms with Gasteiger partial charge in [0.15, 0.2) is 0 Å². The summed E-state index contributed by atoms with van der Waals surface area (Å²) in [4.78, 5) is 14.0. The fraction of sp³-hybridized carbons (Fsp3) is 0.632. The maximum absolute atomic E-state index is 12.0. The van der Waals surface area contributed by atoms with Crippen LogP contribution in [0, 0.1) is 5.92 Å². The molecule has 1 aromatic carbocycles. The molecule has 1 aliphatic carbocycles. The van der Waals surface area contributed by atoms with Gasteiger partial charge in [0.05, 0.1) is 18.6 Å². The van der Waals surface area contributed by atoms with Crippen LogP contribution in [-0.4, -0.2) is 22.5 Å². The van der Waals surface area contributed by atoms with Crippen molar-refractivity contribution in [2.45, 2.75) is 64.5 Å². The Morgan fingerprint density at radius 1 is 1.36 bits per heavy atom. The molecule has 1 N–H and O–H groups in total. The summed E-state index contributed by atoms with van der Waals surface area (Å²) in [5, 5.41) is 9.91. The minimum Gasteiger partial charge on any atom is -0.388 e. The maximum Gasteiger partial charge on any atom is 0.225 e. The molecular formula is C19H27NO2.